The smallest absolute Gasteiger partial charge is 0.355 e. The summed E-state index contributed by atoms with van der Waals surface area (Å²) in [5, 5.41) is 3.12. The summed E-state index contributed by atoms with van der Waals surface area (Å²) in [6.45, 7) is 2.91. The van der Waals surface area contributed by atoms with Gasteiger partial charge in [0.1, 0.15) is 12.6 Å². The van der Waals surface area contributed by atoms with E-state index >= 15 is 0 Å². The van der Waals surface area contributed by atoms with Crippen molar-refractivity contribution in [3.05, 3.63) is 64.7 Å². The van der Waals surface area contributed by atoms with Gasteiger partial charge in [-0.2, -0.15) is 13.2 Å². The lowest BCUT2D eigenvalue weighted by Crippen LogP contribution is -2.52. The second-order valence-electron chi connectivity index (χ2n) is 7.78. The quantitative estimate of drug-likeness (QED) is 0.499. The average molecular weight is 534 g/mol. The Balaban J connectivity index is 2.47. The summed E-state index contributed by atoms with van der Waals surface area (Å²) in [6.07, 6.45) is -3.67. The molecule has 12 heteroatoms. The Bertz CT molecular complexity index is 1140. The number of rotatable bonds is 10. The summed E-state index contributed by atoms with van der Waals surface area (Å²) in [5.74, 6) is -1.18. The normalized spacial score (nSPS) is 12.7. The van der Waals surface area contributed by atoms with Crippen LogP contribution in [-0.2, 0) is 32.3 Å². The van der Waals surface area contributed by atoms with E-state index in [1.807, 2.05) is 0 Å². The lowest BCUT2D eigenvalue weighted by Gasteiger charge is -2.33. The number of hydrogen-bond donors (Lipinski definition) is 1. The number of alkyl halides is 3. The van der Waals surface area contributed by atoms with Crippen LogP contribution in [-0.4, -0.2) is 50.5 Å². The molecule has 0 aliphatic carbocycles. The van der Waals surface area contributed by atoms with Gasteiger partial charge in [-0.1, -0.05) is 36.7 Å². The van der Waals surface area contributed by atoms with Crippen LogP contribution < -0.4 is 9.62 Å². The van der Waals surface area contributed by atoms with Gasteiger partial charge in [-0.15, -0.1) is 0 Å². The number of nitrogens with zero attached hydrogens (tertiary/aromatic N) is 2. The standard InChI is InChI=1S/C23H27ClF3N3O4S/c1-4-20(22(32)28-5-2)29(14-16-9-11-18(24)12-10-16)21(31)15-30(35(3,33)34)19-8-6-7-17(13-19)23(25,26)27/h6-13,20H,4-5,14-15H2,1-3H3,(H,28,32)/t20-/m1/s1. The second kappa shape index (κ2) is 11.8. The van der Waals surface area contributed by atoms with Gasteiger partial charge < -0.3 is 10.2 Å². The van der Waals surface area contributed by atoms with Crippen LogP contribution in [0, 0.1) is 0 Å². The van der Waals surface area contributed by atoms with Crippen LogP contribution in [0.1, 0.15) is 31.4 Å². The molecule has 7 nitrogen and oxygen atoms in total. The first kappa shape index (κ1) is 28.4. The van der Waals surface area contributed by atoms with Crippen LogP contribution >= 0.6 is 11.6 Å². The summed E-state index contributed by atoms with van der Waals surface area (Å²) in [5.41, 5.74) is -0.730. The number of benzene rings is 2. The van der Waals surface area contributed by atoms with Crippen molar-refractivity contribution in [2.45, 2.75) is 39.0 Å². The maximum absolute atomic E-state index is 13.4. The summed E-state index contributed by atoms with van der Waals surface area (Å²) >= 11 is 5.93. The number of carbonyl (C=O) groups excluding carboxylic acids is 2. The largest absolute Gasteiger partial charge is 0.416 e. The van der Waals surface area contributed by atoms with E-state index in [0.29, 0.717) is 27.5 Å². The maximum Gasteiger partial charge on any atom is 0.416 e. The Morgan fingerprint density at radius 3 is 2.23 bits per heavy atom. The maximum atomic E-state index is 13.4. The molecule has 0 spiro atoms. The molecule has 0 fully saturated rings. The Kier molecular flexibility index (Phi) is 9.56. The highest BCUT2D eigenvalue weighted by molar-refractivity contribution is 7.92. The molecule has 0 bridgehead atoms. The highest BCUT2D eigenvalue weighted by Gasteiger charge is 2.34. The van der Waals surface area contributed by atoms with Crippen molar-refractivity contribution in [1.29, 1.82) is 0 Å². The van der Waals surface area contributed by atoms with Gasteiger partial charge in [-0.3, -0.25) is 13.9 Å². The number of nitrogens with one attached hydrogen (secondary N) is 1. The lowest BCUT2D eigenvalue weighted by molar-refractivity contribution is -0.140. The molecule has 0 saturated carbocycles. The van der Waals surface area contributed by atoms with E-state index in [4.69, 9.17) is 11.6 Å². The molecule has 0 unspecified atom stereocenters. The number of hydrogen-bond acceptors (Lipinski definition) is 4. The van der Waals surface area contributed by atoms with E-state index in [2.05, 4.69) is 5.32 Å². The topological polar surface area (TPSA) is 86.8 Å². The Morgan fingerprint density at radius 2 is 1.71 bits per heavy atom. The summed E-state index contributed by atoms with van der Waals surface area (Å²) in [4.78, 5) is 27.3. The van der Waals surface area contributed by atoms with Crippen LogP contribution in [0.25, 0.3) is 0 Å². The average Bonchev–Trinajstić information content (AvgIpc) is 2.77. The van der Waals surface area contributed by atoms with Crippen LogP contribution in [0.15, 0.2) is 48.5 Å². The monoisotopic (exact) mass is 533 g/mol. The molecule has 0 aliphatic heterocycles. The molecule has 0 radical (unpaired) electrons. The number of anilines is 1. The van der Waals surface area contributed by atoms with Crippen LogP contribution in [0.3, 0.4) is 0 Å². The van der Waals surface area contributed by atoms with Gasteiger partial charge in [0.25, 0.3) is 0 Å². The number of carbonyl (C=O) groups is 2. The fraction of sp³-hybridized carbons (Fsp3) is 0.391. The number of likely N-dealkylation sites (N-methyl/N-ethyl adjacent to an activating group) is 1. The molecule has 0 saturated heterocycles. The van der Waals surface area contributed by atoms with Gasteiger partial charge in [0.15, 0.2) is 0 Å². The van der Waals surface area contributed by atoms with Gasteiger partial charge in [0.2, 0.25) is 21.8 Å². The predicted molar refractivity (Wildman–Crippen MR) is 128 cm³/mol. The highest BCUT2D eigenvalue weighted by atomic mass is 35.5. The molecule has 0 aromatic heterocycles. The Hall–Kier alpha value is -2.79. The zero-order valence-electron chi connectivity index (χ0n) is 19.5. The zero-order valence-corrected chi connectivity index (χ0v) is 21.0. The fourth-order valence-corrected chi connectivity index (χ4v) is 4.42. The first-order valence-corrected chi connectivity index (χ1v) is 13.0. The number of halogens is 4. The van der Waals surface area contributed by atoms with Crippen molar-refractivity contribution in [1.82, 2.24) is 10.2 Å². The fourth-order valence-electron chi connectivity index (χ4n) is 3.45. The van der Waals surface area contributed by atoms with E-state index in [0.717, 1.165) is 18.4 Å². The van der Waals surface area contributed by atoms with Crippen molar-refractivity contribution in [3.63, 3.8) is 0 Å². The van der Waals surface area contributed by atoms with Crippen LogP contribution in [0.2, 0.25) is 5.02 Å². The SMILES string of the molecule is CCNC(=O)[C@@H](CC)N(Cc1ccc(Cl)cc1)C(=O)CN(c1cccc(C(F)(F)F)c1)S(C)(=O)=O. The molecule has 35 heavy (non-hydrogen) atoms. The van der Waals surface area contributed by atoms with Gasteiger partial charge >= 0.3 is 6.18 Å². The van der Waals surface area contributed by atoms with Crippen molar-refractivity contribution in [2.24, 2.45) is 0 Å². The van der Waals surface area contributed by atoms with Gasteiger partial charge in [-0.25, -0.2) is 8.42 Å². The summed E-state index contributed by atoms with van der Waals surface area (Å²) < 4.78 is 65.2. The lowest BCUT2D eigenvalue weighted by atomic mass is 10.1. The molecule has 1 atom stereocenters. The third-order valence-electron chi connectivity index (χ3n) is 5.14. The third-order valence-corrected chi connectivity index (χ3v) is 6.54. The highest BCUT2D eigenvalue weighted by Crippen LogP contribution is 2.32. The van der Waals surface area contributed by atoms with Gasteiger partial charge in [-0.05, 0) is 49.2 Å². The molecule has 0 aliphatic rings. The minimum absolute atomic E-state index is 0.0359. The van der Waals surface area contributed by atoms with Gasteiger partial charge in [0, 0.05) is 18.1 Å². The van der Waals surface area contributed by atoms with Crippen molar-refractivity contribution < 1.29 is 31.2 Å². The first-order valence-electron chi connectivity index (χ1n) is 10.7. The molecular weight excluding hydrogens is 507 g/mol. The van der Waals surface area contributed by atoms with Crippen LogP contribution in [0.5, 0.6) is 0 Å². The Morgan fingerprint density at radius 1 is 1.09 bits per heavy atom. The minimum Gasteiger partial charge on any atom is -0.355 e. The van der Waals surface area contributed by atoms with Crippen LogP contribution in [0.4, 0.5) is 18.9 Å². The zero-order chi connectivity index (χ0) is 26.4. The molecule has 0 heterocycles. The van der Waals surface area contributed by atoms with E-state index < -0.39 is 46.2 Å². The predicted octanol–water partition coefficient (Wildman–Crippen LogP) is 4.07. The van der Waals surface area contributed by atoms with E-state index in [1.54, 1.807) is 38.1 Å². The second-order valence-corrected chi connectivity index (χ2v) is 10.1. The van der Waals surface area contributed by atoms with E-state index in [-0.39, 0.29) is 18.7 Å². The first-order chi connectivity index (χ1) is 16.3. The van der Waals surface area contributed by atoms with E-state index in [9.17, 15) is 31.2 Å². The van der Waals surface area contributed by atoms with Gasteiger partial charge in [0.05, 0.1) is 17.5 Å². The molecule has 2 rings (SSSR count). The molecule has 2 aromatic rings. The minimum atomic E-state index is -4.70. The molecular formula is C23H27ClF3N3O4S. The number of sulfonamides is 1. The third kappa shape index (κ3) is 7.86. The van der Waals surface area contributed by atoms with E-state index in [1.165, 1.54) is 11.0 Å². The summed E-state index contributed by atoms with van der Waals surface area (Å²) in [7, 11) is -4.15. The number of amides is 2. The molecule has 1 N–H and O–H groups in total. The molecule has 192 valence electrons. The van der Waals surface area contributed by atoms with Crippen molar-refractivity contribution in [2.75, 3.05) is 23.7 Å². The molecule has 2 aromatic carbocycles. The van der Waals surface area contributed by atoms with Crippen molar-refractivity contribution in [3.8, 4) is 0 Å². The molecule has 2 amide bonds. The summed E-state index contributed by atoms with van der Waals surface area (Å²) in [6, 6.07) is 9.32. The Labute approximate surface area is 207 Å². The van der Waals surface area contributed by atoms with Crippen molar-refractivity contribution >= 4 is 39.1 Å².